The van der Waals surface area contributed by atoms with Crippen LogP contribution >= 0.6 is 11.3 Å². The predicted molar refractivity (Wildman–Crippen MR) is 80.7 cm³/mol. The minimum absolute atomic E-state index is 0.198. The van der Waals surface area contributed by atoms with Gasteiger partial charge in [-0.25, -0.2) is 9.18 Å². The van der Waals surface area contributed by atoms with Crippen LogP contribution in [-0.2, 0) is 0 Å². The van der Waals surface area contributed by atoms with Crippen molar-refractivity contribution in [3.05, 3.63) is 53.2 Å². The highest BCUT2D eigenvalue weighted by atomic mass is 32.1. The van der Waals surface area contributed by atoms with Crippen LogP contribution in [-0.4, -0.2) is 18.2 Å². The molecule has 0 amide bonds. The summed E-state index contributed by atoms with van der Waals surface area (Å²) in [5.74, 6) is -0.752. The van der Waals surface area contributed by atoms with E-state index in [2.05, 4.69) is 0 Å². The zero-order chi connectivity index (χ0) is 15.0. The van der Waals surface area contributed by atoms with Gasteiger partial charge in [-0.3, -0.25) is 0 Å². The van der Waals surface area contributed by atoms with Crippen LogP contribution in [0.5, 0.6) is 5.75 Å². The third-order valence-corrected chi connectivity index (χ3v) is 4.35. The summed E-state index contributed by atoms with van der Waals surface area (Å²) >= 11 is 1.07. The molecule has 1 aromatic heterocycles. The van der Waals surface area contributed by atoms with E-state index >= 15 is 0 Å². The molecule has 0 saturated heterocycles. The minimum atomic E-state index is -1.02. The molecule has 0 bridgehead atoms. The average molecular weight is 302 g/mol. The zero-order valence-corrected chi connectivity index (χ0v) is 11.9. The van der Waals surface area contributed by atoms with Gasteiger partial charge in [-0.15, -0.1) is 11.3 Å². The van der Waals surface area contributed by atoms with Crippen LogP contribution in [0.3, 0.4) is 0 Å². The molecule has 0 aliphatic rings. The summed E-state index contributed by atoms with van der Waals surface area (Å²) in [6, 6.07) is 11.5. The number of carboxylic acids is 1. The van der Waals surface area contributed by atoms with E-state index < -0.39 is 5.97 Å². The van der Waals surface area contributed by atoms with Gasteiger partial charge < -0.3 is 9.84 Å². The molecule has 0 aliphatic heterocycles. The molecule has 1 N–H and O–H groups in total. The number of carboxylic acid groups (broad SMARTS) is 1. The Hall–Kier alpha value is -2.40. The Balaban J connectivity index is 2.33. The van der Waals surface area contributed by atoms with Gasteiger partial charge in [0.15, 0.2) is 0 Å². The van der Waals surface area contributed by atoms with Crippen LogP contribution in [0.25, 0.3) is 21.2 Å². The number of hydrogen-bond donors (Lipinski definition) is 1. The van der Waals surface area contributed by atoms with E-state index in [1.807, 2.05) is 6.07 Å². The molecular formula is C16H11FO3S. The van der Waals surface area contributed by atoms with E-state index in [4.69, 9.17) is 4.74 Å². The van der Waals surface area contributed by atoms with Crippen molar-refractivity contribution in [3.8, 4) is 16.9 Å². The first kappa shape index (κ1) is 13.6. The highest BCUT2D eigenvalue weighted by Gasteiger charge is 2.19. The first-order valence-corrected chi connectivity index (χ1v) is 7.01. The van der Waals surface area contributed by atoms with E-state index in [0.29, 0.717) is 16.0 Å². The molecule has 2 aromatic carbocycles. The Morgan fingerprint density at radius 1 is 1.24 bits per heavy atom. The quantitative estimate of drug-likeness (QED) is 0.779. The summed E-state index contributed by atoms with van der Waals surface area (Å²) < 4.78 is 19.1. The van der Waals surface area contributed by atoms with Crippen LogP contribution in [0.1, 0.15) is 9.67 Å². The molecule has 3 aromatic rings. The Bertz CT molecular complexity index is 839. The van der Waals surface area contributed by atoms with E-state index in [0.717, 1.165) is 22.3 Å². The maximum Gasteiger partial charge on any atom is 0.346 e. The molecule has 1 heterocycles. The Morgan fingerprint density at radius 2 is 2.05 bits per heavy atom. The highest BCUT2D eigenvalue weighted by Crippen LogP contribution is 2.40. The Morgan fingerprint density at radius 3 is 2.76 bits per heavy atom. The molecule has 0 aliphatic carbocycles. The standard InChI is InChI=1S/C16H11FO3S/c1-20-11-4-2-3-9(7-11)14-12-6-5-10(17)8-13(12)21-15(14)16(18)19/h2-8H,1H3,(H,18,19). The van der Waals surface area contributed by atoms with Crippen LogP contribution in [0.2, 0.25) is 0 Å². The van der Waals surface area contributed by atoms with Gasteiger partial charge in [0.25, 0.3) is 0 Å². The van der Waals surface area contributed by atoms with Crippen molar-refractivity contribution in [1.82, 2.24) is 0 Å². The lowest BCUT2D eigenvalue weighted by molar-refractivity contribution is 0.0703. The first-order valence-electron chi connectivity index (χ1n) is 6.20. The first-order chi connectivity index (χ1) is 10.1. The van der Waals surface area contributed by atoms with Crippen LogP contribution < -0.4 is 4.74 Å². The SMILES string of the molecule is COc1cccc(-c2c(C(=O)O)sc3cc(F)ccc23)c1. The van der Waals surface area contributed by atoms with Crippen molar-refractivity contribution < 1.29 is 19.0 Å². The van der Waals surface area contributed by atoms with Gasteiger partial charge in [-0.2, -0.15) is 0 Å². The summed E-state index contributed by atoms with van der Waals surface area (Å²) in [6.45, 7) is 0. The second-order valence-corrected chi connectivity index (χ2v) is 5.54. The third kappa shape index (κ3) is 2.36. The third-order valence-electron chi connectivity index (χ3n) is 3.20. The fourth-order valence-corrected chi connectivity index (χ4v) is 3.37. The van der Waals surface area contributed by atoms with Gasteiger partial charge in [0.1, 0.15) is 16.4 Å². The number of methoxy groups -OCH3 is 1. The number of hydrogen-bond acceptors (Lipinski definition) is 3. The summed E-state index contributed by atoms with van der Waals surface area (Å²) in [5.41, 5.74) is 1.34. The van der Waals surface area contributed by atoms with Crippen LogP contribution in [0.4, 0.5) is 4.39 Å². The molecule has 0 fully saturated rings. The number of carbonyl (C=O) groups is 1. The molecule has 0 saturated carbocycles. The minimum Gasteiger partial charge on any atom is -0.497 e. The van der Waals surface area contributed by atoms with Gasteiger partial charge in [-0.05, 0) is 35.9 Å². The summed E-state index contributed by atoms with van der Waals surface area (Å²) in [7, 11) is 1.55. The van der Waals surface area contributed by atoms with Crippen molar-refractivity contribution >= 4 is 27.4 Å². The van der Waals surface area contributed by atoms with Gasteiger partial charge in [0.05, 0.1) is 7.11 Å². The maximum atomic E-state index is 13.3. The van der Waals surface area contributed by atoms with Gasteiger partial charge in [0, 0.05) is 15.6 Å². The zero-order valence-electron chi connectivity index (χ0n) is 11.1. The lowest BCUT2D eigenvalue weighted by atomic mass is 10.0. The van der Waals surface area contributed by atoms with Crippen molar-refractivity contribution in [2.45, 2.75) is 0 Å². The molecule has 3 nitrogen and oxygen atoms in total. The number of ether oxygens (including phenoxy) is 1. The summed E-state index contributed by atoms with van der Waals surface area (Å²) in [5, 5.41) is 10.1. The molecule has 5 heteroatoms. The molecule has 0 radical (unpaired) electrons. The van der Waals surface area contributed by atoms with Gasteiger partial charge in [0.2, 0.25) is 0 Å². The van der Waals surface area contributed by atoms with Crippen LogP contribution in [0, 0.1) is 5.82 Å². The van der Waals surface area contributed by atoms with Crippen LogP contribution in [0.15, 0.2) is 42.5 Å². The number of benzene rings is 2. The van der Waals surface area contributed by atoms with E-state index in [-0.39, 0.29) is 10.7 Å². The molecule has 106 valence electrons. The normalized spacial score (nSPS) is 10.8. The highest BCUT2D eigenvalue weighted by molar-refractivity contribution is 7.21. The number of aromatic carboxylic acids is 1. The lowest BCUT2D eigenvalue weighted by Gasteiger charge is -2.05. The van der Waals surface area contributed by atoms with E-state index in [1.165, 1.54) is 12.1 Å². The van der Waals surface area contributed by atoms with Crippen molar-refractivity contribution in [2.75, 3.05) is 7.11 Å². The largest absolute Gasteiger partial charge is 0.497 e. The lowest BCUT2D eigenvalue weighted by Crippen LogP contribution is -1.95. The second kappa shape index (κ2) is 5.18. The van der Waals surface area contributed by atoms with Crippen molar-refractivity contribution in [1.29, 1.82) is 0 Å². The smallest absolute Gasteiger partial charge is 0.346 e. The predicted octanol–water partition coefficient (Wildman–Crippen LogP) is 4.41. The van der Waals surface area contributed by atoms with E-state index in [9.17, 15) is 14.3 Å². The number of rotatable bonds is 3. The Kier molecular flexibility index (Phi) is 3.35. The molecule has 0 unspecified atom stereocenters. The average Bonchev–Trinajstić information content (AvgIpc) is 2.86. The second-order valence-electron chi connectivity index (χ2n) is 4.48. The van der Waals surface area contributed by atoms with Crippen molar-refractivity contribution in [3.63, 3.8) is 0 Å². The topological polar surface area (TPSA) is 46.5 Å². The molecule has 21 heavy (non-hydrogen) atoms. The molecule has 0 spiro atoms. The summed E-state index contributed by atoms with van der Waals surface area (Å²) in [6.07, 6.45) is 0. The summed E-state index contributed by atoms with van der Waals surface area (Å²) in [4.78, 5) is 11.7. The monoisotopic (exact) mass is 302 g/mol. The number of thiophene rings is 1. The van der Waals surface area contributed by atoms with E-state index in [1.54, 1.807) is 31.4 Å². The van der Waals surface area contributed by atoms with Gasteiger partial charge in [-0.1, -0.05) is 12.1 Å². The Labute approximate surface area is 124 Å². The maximum absolute atomic E-state index is 13.3. The van der Waals surface area contributed by atoms with Gasteiger partial charge >= 0.3 is 5.97 Å². The molecular weight excluding hydrogens is 291 g/mol. The fourth-order valence-electron chi connectivity index (χ4n) is 2.29. The number of halogens is 1. The molecule has 3 rings (SSSR count). The fraction of sp³-hybridized carbons (Fsp3) is 0.0625. The molecule has 0 atom stereocenters. The van der Waals surface area contributed by atoms with Crippen molar-refractivity contribution in [2.24, 2.45) is 0 Å². The number of fused-ring (bicyclic) bond motifs is 1.